The van der Waals surface area contributed by atoms with Gasteiger partial charge in [-0.1, -0.05) is 18.2 Å². The molecule has 0 spiro atoms. The summed E-state index contributed by atoms with van der Waals surface area (Å²) in [6.45, 7) is 0. The minimum absolute atomic E-state index is 0.0122. The van der Waals surface area contributed by atoms with Crippen LogP contribution >= 0.6 is 0 Å². The van der Waals surface area contributed by atoms with Crippen LogP contribution in [0.3, 0.4) is 0 Å². The van der Waals surface area contributed by atoms with Crippen molar-refractivity contribution >= 4 is 28.6 Å². The lowest BCUT2D eigenvalue weighted by atomic mass is 10.0. The molecule has 0 saturated heterocycles. The molecule has 0 bridgehead atoms. The molecule has 174 valence electrons. The largest absolute Gasteiger partial charge is 0.416 e. The number of fused-ring (bicyclic) bond motifs is 1. The van der Waals surface area contributed by atoms with E-state index in [4.69, 9.17) is 5.73 Å². The molecule has 0 fully saturated rings. The van der Waals surface area contributed by atoms with Gasteiger partial charge in [0.1, 0.15) is 6.33 Å². The third kappa shape index (κ3) is 4.75. The Bertz CT molecular complexity index is 1390. The highest BCUT2D eigenvalue weighted by Gasteiger charge is 2.37. The van der Waals surface area contributed by atoms with Gasteiger partial charge in [0.15, 0.2) is 5.82 Å². The monoisotopic (exact) mass is 477 g/mol. The number of benzene rings is 2. The number of carbonyl (C=O) groups is 1. The summed E-state index contributed by atoms with van der Waals surface area (Å²) >= 11 is 0. The number of rotatable bonds is 4. The molecule has 0 saturated carbocycles. The zero-order valence-corrected chi connectivity index (χ0v) is 16.9. The molecule has 1 amide bonds. The first-order valence-electron chi connectivity index (χ1n) is 9.49. The van der Waals surface area contributed by atoms with Crippen LogP contribution in [0.2, 0.25) is 0 Å². The van der Waals surface area contributed by atoms with E-state index in [9.17, 15) is 31.1 Å². The highest BCUT2D eigenvalue weighted by Crippen LogP contribution is 2.38. The fourth-order valence-electron chi connectivity index (χ4n) is 3.18. The van der Waals surface area contributed by atoms with Gasteiger partial charge in [0.25, 0.3) is 5.91 Å². The smallest absolute Gasteiger partial charge is 0.366 e. The second-order valence-corrected chi connectivity index (χ2v) is 7.17. The predicted octanol–water partition coefficient (Wildman–Crippen LogP) is 5.01. The van der Waals surface area contributed by atoms with E-state index in [1.807, 2.05) is 0 Å². The quantitative estimate of drug-likeness (QED) is 0.331. The second-order valence-electron chi connectivity index (χ2n) is 7.17. The van der Waals surface area contributed by atoms with Crippen molar-refractivity contribution in [2.24, 2.45) is 5.73 Å². The molecule has 0 aliphatic rings. The van der Waals surface area contributed by atoms with Crippen LogP contribution in [0.15, 0.2) is 61.1 Å². The first-order chi connectivity index (χ1) is 15.9. The van der Waals surface area contributed by atoms with Crippen LogP contribution < -0.4 is 5.73 Å². The van der Waals surface area contributed by atoms with Gasteiger partial charge in [0.2, 0.25) is 0 Å². The number of pyridine rings is 1. The molecule has 0 aliphatic heterocycles. The van der Waals surface area contributed by atoms with Crippen molar-refractivity contribution in [3.8, 4) is 11.4 Å². The Balaban J connectivity index is 1.76. The van der Waals surface area contributed by atoms with Crippen molar-refractivity contribution in [1.29, 1.82) is 0 Å². The molecule has 2 aromatic carbocycles. The van der Waals surface area contributed by atoms with Crippen molar-refractivity contribution in [1.82, 2.24) is 19.7 Å². The Hall–Kier alpha value is -4.22. The number of hydrogen-bond donors (Lipinski definition) is 1. The third-order valence-electron chi connectivity index (χ3n) is 4.78. The maximum Gasteiger partial charge on any atom is 0.416 e. The maximum absolute atomic E-state index is 13.1. The van der Waals surface area contributed by atoms with Gasteiger partial charge in [-0.2, -0.15) is 26.3 Å². The van der Waals surface area contributed by atoms with Crippen LogP contribution in [0.25, 0.3) is 34.1 Å². The van der Waals surface area contributed by atoms with Crippen molar-refractivity contribution in [3.63, 3.8) is 0 Å². The Labute approximate surface area is 187 Å². The average molecular weight is 477 g/mol. The number of nitrogens with two attached hydrogens (primary N) is 1. The van der Waals surface area contributed by atoms with Gasteiger partial charge in [-0.05, 0) is 30.3 Å². The molecule has 2 N–H and O–H groups in total. The summed E-state index contributed by atoms with van der Waals surface area (Å²) < 4.78 is 79.8. The summed E-state index contributed by atoms with van der Waals surface area (Å²) in [4.78, 5) is 20.1. The fourth-order valence-corrected chi connectivity index (χ4v) is 3.18. The summed E-state index contributed by atoms with van der Waals surface area (Å²) in [5.74, 6) is -1.26. The number of hydrogen-bond acceptors (Lipinski definition) is 4. The molecular weight excluding hydrogens is 464 g/mol. The number of halogens is 6. The van der Waals surface area contributed by atoms with Gasteiger partial charge >= 0.3 is 12.4 Å². The SMILES string of the molecule is NC(=O)/C(=C/n1cnc(-c2cc(C(F)(F)F)cc(C(F)(F)F)c2)n1)c1cnc2ccccc2c1. The maximum atomic E-state index is 13.1. The van der Waals surface area contributed by atoms with Gasteiger partial charge in [-0.25, -0.2) is 9.67 Å². The molecule has 2 aromatic heterocycles. The zero-order chi connectivity index (χ0) is 24.7. The van der Waals surface area contributed by atoms with Gasteiger partial charge < -0.3 is 5.73 Å². The molecule has 0 aliphatic carbocycles. The molecule has 12 heteroatoms. The Morgan fingerprint density at radius 2 is 1.56 bits per heavy atom. The summed E-state index contributed by atoms with van der Waals surface area (Å²) in [5, 5.41) is 4.62. The summed E-state index contributed by atoms with van der Waals surface area (Å²) in [6, 6.07) is 9.79. The number of nitrogens with zero attached hydrogens (tertiary/aromatic N) is 4. The first kappa shape index (κ1) is 23.0. The van der Waals surface area contributed by atoms with Crippen molar-refractivity contribution in [2.45, 2.75) is 12.4 Å². The van der Waals surface area contributed by atoms with E-state index in [2.05, 4.69) is 15.1 Å². The van der Waals surface area contributed by atoms with E-state index in [1.54, 1.807) is 30.3 Å². The lowest BCUT2D eigenvalue weighted by Gasteiger charge is -2.13. The van der Waals surface area contributed by atoms with Crippen molar-refractivity contribution in [3.05, 3.63) is 77.7 Å². The lowest BCUT2D eigenvalue weighted by Crippen LogP contribution is -2.14. The zero-order valence-electron chi connectivity index (χ0n) is 16.9. The third-order valence-corrected chi connectivity index (χ3v) is 4.78. The minimum Gasteiger partial charge on any atom is -0.366 e. The normalized spacial score (nSPS) is 12.8. The fraction of sp³-hybridized carbons (Fsp3) is 0.0909. The van der Waals surface area contributed by atoms with Crippen molar-refractivity contribution in [2.75, 3.05) is 0 Å². The Kier molecular flexibility index (Phi) is 5.59. The van der Waals surface area contributed by atoms with Gasteiger partial charge in [0, 0.05) is 28.9 Å². The van der Waals surface area contributed by atoms with E-state index in [-0.39, 0.29) is 11.6 Å². The molecule has 4 aromatic rings. The van der Waals surface area contributed by atoms with Crippen LogP contribution in [0.5, 0.6) is 0 Å². The molecule has 0 radical (unpaired) electrons. The predicted molar refractivity (Wildman–Crippen MR) is 111 cm³/mol. The number of alkyl halides is 6. The van der Waals surface area contributed by atoms with Crippen LogP contribution in [-0.4, -0.2) is 25.7 Å². The van der Waals surface area contributed by atoms with Gasteiger partial charge in [0.05, 0.1) is 22.2 Å². The molecular formula is C22H13F6N5O. The summed E-state index contributed by atoms with van der Waals surface area (Å²) in [7, 11) is 0. The number of primary amides is 1. The van der Waals surface area contributed by atoms with Gasteiger partial charge in [-0.15, -0.1) is 5.10 Å². The minimum atomic E-state index is -5.01. The molecule has 2 heterocycles. The molecule has 0 unspecified atom stereocenters. The highest BCUT2D eigenvalue weighted by molar-refractivity contribution is 6.22. The van der Waals surface area contributed by atoms with E-state index in [1.165, 1.54) is 6.20 Å². The Morgan fingerprint density at radius 1 is 0.912 bits per heavy atom. The standard InChI is InChI=1S/C22H13F6N5O/c23-21(24,25)15-6-13(7-16(8-15)22(26,27)28)20-31-11-33(32-20)10-17(19(29)34)14-5-12-3-1-2-4-18(12)30-9-14/h1-11H,(H2,29,34)/b17-10+. The molecule has 4 rings (SSSR count). The number of carbonyl (C=O) groups excluding carboxylic acids is 1. The molecule has 34 heavy (non-hydrogen) atoms. The number of amides is 1. The summed E-state index contributed by atoms with van der Waals surface area (Å²) in [5.41, 5.74) is 2.94. The van der Waals surface area contributed by atoms with Crippen LogP contribution in [-0.2, 0) is 17.1 Å². The van der Waals surface area contributed by atoms with Crippen LogP contribution in [0, 0.1) is 0 Å². The van der Waals surface area contributed by atoms with Crippen molar-refractivity contribution < 1.29 is 31.1 Å². The lowest BCUT2D eigenvalue weighted by molar-refractivity contribution is -0.143. The highest BCUT2D eigenvalue weighted by atomic mass is 19.4. The van der Waals surface area contributed by atoms with E-state index >= 15 is 0 Å². The molecule has 0 atom stereocenters. The number of para-hydroxylation sites is 1. The Morgan fingerprint density at radius 3 is 2.18 bits per heavy atom. The van der Waals surface area contributed by atoms with E-state index in [0.717, 1.165) is 22.6 Å². The van der Waals surface area contributed by atoms with Crippen LogP contribution in [0.4, 0.5) is 26.3 Å². The number of aromatic nitrogens is 4. The topological polar surface area (TPSA) is 86.7 Å². The van der Waals surface area contributed by atoms with Gasteiger partial charge in [-0.3, -0.25) is 9.78 Å². The molecule has 6 nitrogen and oxygen atoms in total. The first-order valence-corrected chi connectivity index (χ1v) is 9.49. The van der Waals surface area contributed by atoms with E-state index < -0.39 is 40.8 Å². The second kappa shape index (κ2) is 8.28. The average Bonchev–Trinajstić information content (AvgIpc) is 3.24. The summed E-state index contributed by atoms with van der Waals surface area (Å²) in [6.07, 6.45) is -6.44. The van der Waals surface area contributed by atoms with Crippen LogP contribution in [0.1, 0.15) is 16.7 Å². The van der Waals surface area contributed by atoms with E-state index in [0.29, 0.717) is 23.2 Å².